The Morgan fingerprint density at radius 2 is 2.05 bits per heavy atom. The fourth-order valence-electron chi connectivity index (χ4n) is 2.24. The number of allylic oxidation sites excluding steroid dienone is 2. The first-order valence-corrected chi connectivity index (χ1v) is 6.12. The molecule has 100 valence electrons. The van der Waals surface area contributed by atoms with Crippen molar-refractivity contribution in [3.05, 3.63) is 47.2 Å². The van der Waals surface area contributed by atoms with Gasteiger partial charge >= 0.3 is 0 Å². The number of nitrogens with two attached hydrogens (primary N) is 1. The van der Waals surface area contributed by atoms with Crippen molar-refractivity contribution in [1.29, 1.82) is 0 Å². The number of carbonyl (C=O) groups excluding carboxylic acids is 1. The lowest BCUT2D eigenvalue weighted by Gasteiger charge is -2.13. The normalized spacial score (nSPS) is 15.7. The molecule has 1 aliphatic carbocycles. The Hall–Kier alpha value is -2.82. The van der Waals surface area contributed by atoms with Gasteiger partial charge in [0, 0.05) is 12.6 Å². The number of fused-ring (bicyclic) bond motifs is 1. The molecule has 2 aromatic rings. The van der Waals surface area contributed by atoms with Gasteiger partial charge in [-0.2, -0.15) is 4.98 Å². The molecule has 0 radical (unpaired) electrons. The number of anilines is 1. The molecule has 0 saturated heterocycles. The first kappa shape index (κ1) is 12.2. The van der Waals surface area contributed by atoms with Gasteiger partial charge in [0.25, 0.3) is 0 Å². The van der Waals surface area contributed by atoms with E-state index in [1.165, 1.54) is 10.6 Å². The Labute approximate surface area is 115 Å². The van der Waals surface area contributed by atoms with Crippen molar-refractivity contribution >= 4 is 29.5 Å². The van der Waals surface area contributed by atoms with Crippen molar-refractivity contribution in [1.82, 2.24) is 9.55 Å². The van der Waals surface area contributed by atoms with Crippen LogP contribution in [0.25, 0.3) is 17.7 Å². The second kappa shape index (κ2) is 4.38. The fraction of sp³-hybridized carbons (Fsp3) is 0.0667. The predicted molar refractivity (Wildman–Crippen MR) is 77.6 cm³/mol. The largest absolute Gasteiger partial charge is 0.492 e. The van der Waals surface area contributed by atoms with Crippen molar-refractivity contribution in [2.24, 2.45) is 7.05 Å². The van der Waals surface area contributed by atoms with E-state index in [9.17, 15) is 9.90 Å². The minimum atomic E-state index is -0.183. The van der Waals surface area contributed by atoms with Crippen LogP contribution in [0.2, 0.25) is 0 Å². The van der Waals surface area contributed by atoms with Gasteiger partial charge in [-0.1, -0.05) is 30.3 Å². The van der Waals surface area contributed by atoms with E-state index < -0.39 is 0 Å². The lowest BCUT2D eigenvalue weighted by molar-refractivity contribution is -0.109. The van der Waals surface area contributed by atoms with E-state index in [0.717, 1.165) is 11.1 Å². The van der Waals surface area contributed by atoms with Gasteiger partial charge in [0.2, 0.25) is 11.8 Å². The minimum Gasteiger partial charge on any atom is -0.492 e. The fourth-order valence-corrected chi connectivity index (χ4v) is 2.24. The quantitative estimate of drug-likeness (QED) is 0.772. The van der Waals surface area contributed by atoms with Gasteiger partial charge in [-0.05, 0) is 23.3 Å². The van der Waals surface area contributed by atoms with Crippen molar-refractivity contribution in [2.75, 3.05) is 5.73 Å². The van der Waals surface area contributed by atoms with Gasteiger partial charge in [-0.15, -0.1) is 0 Å². The summed E-state index contributed by atoms with van der Waals surface area (Å²) in [6, 6.07) is 7.59. The van der Waals surface area contributed by atoms with Gasteiger partial charge < -0.3 is 15.4 Å². The van der Waals surface area contributed by atoms with Gasteiger partial charge in [-0.25, -0.2) is 0 Å². The Balaban J connectivity index is 2.20. The molecule has 0 aliphatic heterocycles. The van der Waals surface area contributed by atoms with E-state index in [1.54, 1.807) is 19.2 Å². The van der Waals surface area contributed by atoms with Crippen LogP contribution in [-0.2, 0) is 11.8 Å². The van der Waals surface area contributed by atoms with E-state index in [2.05, 4.69) is 4.98 Å². The summed E-state index contributed by atoms with van der Waals surface area (Å²) in [6.07, 6.45) is 4.92. The molecule has 0 saturated carbocycles. The number of aromatic hydroxyl groups is 1. The number of hydrogen-bond donors (Lipinski definition) is 2. The zero-order chi connectivity index (χ0) is 14.3. The number of ketones is 1. The van der Waals surface area contributed by atoms with Crippen molar-refractivity contribution in [3.63, 3.8) is 0 Å². The number of carbonyl (C=O) groups is 1. The average Bonchev–Trinajstić information content (AvgIpc) is 2.68. The summed E-state index contributed by atoms with van der Waals surface area (Å²) in [7, 11) is 1.68. The maximum absolute atomic E-state index is 12.1. The molecule has 0 spiro atoms. The second-order valence-corrected chi connectivity index (χ2v) is 4.58. The Kier molecular flexibility index (Phi) is 2.68. The van der Waals surface area contributed by atoms with Gasteiger partial charge in [0.15, 0.2) is 5.78 Å². The van der Waals surface area contributed by atoms with Crippen LogP contribution >= 0.6 is 0 Å². The van der Waals surface area contributed by atoms with E-state index in [0.29, 0.717) is 11.3 Å². The number of hydrogen-bond acceptors (Lipinski definition) is 4. The molecule has 3 N–H and O–H groups in total. The SMILES string of the molecule is Cn1c(N)nc(O)c1/C=C1\C(=O)C=Cc2ccccc21. The minimum absolute atomic E-state index is 0.108. The van der Waals surface area contributed by atoms with E-state index in [1.807, 2.05) is 24.3 Å². The summed E-state index contributed by atoms with van der Waals surface area (Å²) in [6.45, 7) is 0. The Morgan fingerprint density at radius 3 is 2.75 bits per heavy atom. The van der Waals surface area contributed by atoms with Crippen molar-refractivity contribution < 1.29 is 9.90 Å². The maximum Gasteiger partial charge on any atom is 0.238 e. The molecule has 20 heavy (non-hydrogen) atoms. The van der Waals surface area contributed by atoms with Gasteiger partial charge in [0.05, 0.1) is 0 Å². The summed E-state index contributed by atoms with van der Waals surface area (Å²) in [5.41, 5.74) is 8.37. The first-order chi connectivity index (χ1) is 9.58. The molecule has 0 fully saturated rings. The zero-order valence-electron chi connectivity index (χ0n) is 10.9. The average molecular weight is 267 g/mol. The third kappa shape index (κ3) is 1.80. The third-order valence-electron chi connectivity index (χ3n) is 3.37. The summed E-state index contributed by atoms with van der Waals surface area (Å²) >= 11 is 0. The molecule has 1 aromatic carbocycles. The highest BCUT2D eigenvalue weighted by Crippen LogP contribution is 2.30. The third-order valence-corrected chi connectivity index (χ3v) is 3.37. The predicted octanol–water partition coefficient (Wildman–Crippen LogP) is 1.84. The van der Waals surface area contributed by atoms with Crippen LogP contribution in [0.1, 0.15) is 16.8 Å². The lowest BCUT2D eigenvalue weighted by Crippen LogP contribution is -2.05. The zero-order valence-corrected chi connectivity index (χ0v) is 10.9. The van der Waals surface area contributed by atoms with E-state index >= 15 is 0 Å². The van der Waals surface area contributed by atoms with Crippen LogP contribution in [0.5, 0.6) is 5.88 Å². The molecule has 5 nitrogen and oxygen atoms in total. The number of rotatable bonds is 1. The number of nitrogen functional groups attached to an aromatic ring is 1. The van der Waals surface area contributed by atoms with Gasteiger partial charge in [-0.3, -0.25) is 4.79 Å². The molecule has 0 atom stereocenters. The van der Waals surface area contributed by atoms with E-state index in [4.69, 9.17) is 5.73 Å². The molecule has 1 aromatic heterocycles. The summed E-state index contributed by atoms with van der Waals surface area (Å²) in [4.78, 5) is 15.9. The highest BCUT2D eigenvalue weighted by molar-refractivity contribution is 6.33. The number of aromatic nitrogens is 2. The molecule has 0 unspecified atom stereocenters. The topological polar surface area (TPSA) is 81.1 Å². The Morgan fingerprint density at radius 1 is 1.30 bits per heavy atom. The van der Waals surface area contributed by atoms with Crippen LogP contribution < -0.4 is 5.73 Å². The number of imidazole rings is 1. The molecule has 1 aliphatic rings. The molecule has 3 rings (SSSR count). The summed E-state index contributed by atoms with van der Waals surface area (Å²) in [5.74, 6) is -0.0957. The van der Waals surface area contributed by atoms with Crippen molar-refractivity contribution in [3.8, 4) is 5.88 Å². The van der Waals surface area contributed by atoms with Crippen LogP contribution in [0.15, 0.2) is 30.3 Å². The van der Waals surface area contributed by atoms with E-state index in [-0.39, 0.29) is 17.6 Å². The van der Waals surface area contributed by atoms with Crippen LogP contribution in [0, 0.1) is 0 Å². The molecular formula is C15H13N3O2. The maximum atomic E-state index is 12.1. The Bertz CT molecular complexity index is 769. The molecule has 0 bridgehead atoms. The number of nitrogens with zero attached hydrogens (tertiary/aromatic N) is 2. The van der Waals surface area contributed by atoms with Crippen LogP contribution in [0.4, 0.5) is 5.95 Å². The smallest absolute Gasteiger partial charge is 0.238 e. The second-order valence-electron chi connectivity index (χ2n) is 4.58. The molecule has 5 heteroatoms. The lowest BCUT2D eigenvalue weighted by atomic mass is 9.91. The number of benzene rings is 1. The monoisotopic (exact) mass is 267 g/mol. The molecular weight excluding hydrogens is 254 g/mol. The summed E-state index contributed by atoms with van der Waals surface area (Å²) in [5, 5.41) is 9.79. The summed E-state index contributed by atoms with van der Waals surface area (Å²) < 4.78 is 1.54. The first-order valence-electron chi connectivity index (χ1n) is 6.12. The molecule has 0 amide bonds. The van der Waals surface area contributed by atoms with Crippen molar-refractivity contribution in [2.45, 2.75) is 0 Å². The highest BCUT2D eigenvalue weighted by Gasteiger charge is 2.19. The highest BCUT2D eigenvalue weighted by atomic mass is 16.3. The van der Waals surface area contributed by atoms with Crippen LogP contribution in [0.3, 0.4) is 0 Å². The van der Waals surface area contributed by atoms with Gasteiger partial charge in [0.1, 0.15) is 5.69 Å². The standard InChI is InChI=1S/C15H13N3O2/c1-18-12(14(20)17-15(18)16)8-11-10-5-3-2-4-9(10)6-7-13(11)19/h2-8,20H,1H3,(H2,16,17)/b11-8-. The molecule has 1 heterocycles. The van der Waals surface area contributed by atoms with Crippen LogP contribution in [-0.4, -0.2) is 20.4 Å².